The first-order valence-electron chi connectivity index (χ1n) is 6.52. The van der Waals surface area contributed by atoms with Crippen molar-refractivity contribution in [2.45, 2.75) is 20.3 Å². The molecule has 0 aliphatic rings. The molecule has 0 saturated carbocycles. The minimum absolute atomic E-state index is 0.113. The van der Waals surface area contributed by atoms with Crippen molar-refractivity contribution in [1.29, 1.82) is 0 Å². The molecule has 3 heterocycles. The number of carbonyl (C=O) groups excluding carboxylic acids is 1. The van der Waals surface area contributed by atoms with Crippen LogP contribution in [0, 0.1) is 13.8 Å². The van der Waals surface area contributed by atoms with Crippen molar-refractivity contribution < 1.29 is 4.79 Å². The lowest BCUT2D eigenvalue weighted by Gasteiger charge is -2.00. The lowest BCUT2D eigenvalue weighted by molar-refractivity contribution is 0.0893. The summed E-state index contributed by atoms with van der Waals surface area (Å²) in [5.41, 5.74) is 2.29. The molecule has 0 aliphatic carbocycles. The van der Waals surface area contributed by atoms with Gasteiger partial charge in [-0.25, -0.2) is 9.67 Å². The molecule has 3 aromatic rings. The van der Waals surface area contributed by atoms with Crippen molar-refractivity contribution in [2.75, 3.05) is 0 Å². The normalized spacial score (nSPS) is 10.8. The van der Waals surface area contributed by atoms with Gasteiger partial charge in [0.25, 0.3) is 5.91 Å². The Morgan fingerprint density at radius 1 is 1.33 bits per heavy atom. The van der Waals surface area contributed by atoms with Gasteiger partial charge in [-0.2, -0.15) is 10.2 Å². The molecule has 0 atom stereocenters. The van der Waals surface area contributed by atoms with Crippen molar-refractivity contribution >= 4 is 5.91 Å². The van der Waals surface area contributed by atoms with Crippen molar-refractivity contribution in [3.63, 3.8) is 0 Å². The van der Waals surface area contributed by atoms with E-state index in [-0.39, 0.29) is 12.3 Å². The van der Waals surface area contributed by atoms with Gasteiger partial charge in [-0.1, -0.05) is 6.07 Å². The van der Waals surface area contributed by atoms with Crippen LogP contribution in [0.3, 0.4) is 0 Å². The second kappa shape index (κ2) is 5.28. The van der Waals surface area contributed by atoms with Crippen molar-refractivity contribution in [3.8, 4) is 11.5 Å². The highest BCUT2D eigenvalue weighted by Crippen LogP contribution is 2.11. The number of rotatable bonds is 3. The van der Waals surface area contributed by atoms with Gasteiger partial charge in [-0.05, 0) is 32.0 Å². The van der Waals surface area contributed by atoms with E-state index in [2.05, 4.69) is 25.3 Å². The fourth-order valence-corrected chi connectivity index (χ4v) is 2.08. The van der Waals surface area contributed by atoms with E-state index in [0.29, 0.717) is 17.3 Å². The molecule has 0 unspecified atom stereocenters. The summed E-state index contributed by atoms with van der Waals surface area (Å²) in [4.78, 5) is 20.7. The molecule has 3 aromatic heterocycles. The fourth-order valence-electron chi connectivity index (χ4n) is 2.08. The van der Waals surface area contributed by atoms with Gasteiger partial charge in [-0.3, -0.25) is 14.9 Å². The average Bonchev–Trinajstić information content (AvgIpc) is 3.06. The first-order valence-corrected chi connectivity index (χ1v) is 6.52. The molecule has 106 valence electrons. The van der Waals surface area contributed by atoms with E-state index in [1.807, 2.05) is 38.1 Å². The molecule has 0 fully saturated rings. The summed E-state index contributed by atoms with van der Waals surface area (Å²) in [7, 11) is 0. The van der Waals surface area contributed by atoms with E-state index in [9.17, 15) is 4.79 Å². The number of nitrogens with one attached hydrogen (secondary N) is 1. The number of hydrogen-bond donors (Lipinski definition) is 1. The topological polar surface area (TPSA) is 89.4 Å². The summed E-state index contributed by atoms with van der Waals surface area (Å²) in [6.07, 6.45) is 1.79. The Hall–Kier alpha value is -2.83. The Balaban J connectivity index is 1.79. The Labute approximate surface area is 121 Å². The number of H-pyrrole nitrogens is 1. The number of pyridine rings is 1. The van der Waals surface area contributed by atoms with Crippen LogP contribution in [0.4, 0.5) is 0 Å². The SMILES string of the molecule is Cc1cc(C)n(C(=O)Cc2nc(-c3ccccn3)n[nH]2)n1. The van der Waals surface area contributed by atoms with E-state index < -0.39 is 0 Å². The van der Waals surface area contributed by atoms with Crippen LogP contribution in [0.15, 0.2) is 30.5 Å². The van der Waals surface area contributed by atoms with Gasteiger partial charge < -0.3 is 0 Å². The molecule has 1 N–H and O–H groups in total. The highest BCUT2D eigenvalue weighted by atomic mass is 16.2. The molecule has 0 radical (unpaired) electrons. The Kier molecular flexibility index (Phi) is 3.31. The molecule has 3 rings (SSSR count). The zero-order chi connectivity index (χ0) is 14.8. The molecule has 0 saturated heterocycles. The quantitative estimate of drug-likeness (QED) is 0.787. The second-order valence-electron chi connectivity index (χ2n) is 4.73. The van der Waals surface area contributed by atoms with Crippen molar-refractivity contribution in [3.05, 3.63) is 47.7 Å². The van der Waals surface area contributed by atoms with Crippen LogP contribution in [0.25, 0.3) is 11.5 Å². The molecule has 0 spiro atoms. The molecule has 21 heavy (non-hydrogen) atoms. The minimum Gasteiger partial charge on any atom is -0.272 e. The highest BCUT2D eigenvalue weighted by molar-refractivity contribution is 5.80. The Bertz CT molecular complexity index is 774. The molecular weight excluding hydrogens is 268 g/mol. The van der Waals surface area contributed by atoms with E-state index in [0.717, 1.165) is 11.4 Å². The fraction of sp³-hybridized carbons (Fsp3) is 0.214. The first-order chi connectivity index (χ1) is 10.1. The van der Waals surface area contributed by atoms with Gasteiger partial charge in [0.15, 0.2) is 5.82 Å². The third-order valence-electron chi connectivity index (χ3n) is 2.99. The van der Waals surface area contributed by atoms with Crippen molar-refractivity contribution in [1.82, 2.24) is 29.9 Å². The molecule has 0 amide bonds. The summed E-state index contributed by atoms with van der Waals surface area (Å²) >= 11 is 0. The van der Waals surface area contributed by atoms with Crippen LogP contribution in [0.5, 0.6) is 0 Å². The van der Waals surface area contributed by atoms with Gasteiger partial charge in [0.05, 0.1) is 12.1 Å². The lowest BCUT2D eigenvalue weighted by Crippen LogP contribution is -2.17. The molecule has 7 nitrogen and oxygen atoms in total. The first kappa shape index (κ1) is 13.2. The zero-order valence-corrected chi connectivity index (χ0v) is 11.7. The van der Waals surface area contributed by atoms with Crippen LogP contribution < -0.4 is 0 Å². The third-order valence-corrected chi connectivity index (χ3v) is 2.99. The number of hydrogen-bond acceptors (Lipinski definition) is 5. The molecule has 0 aliphatic heterocycles. The smallest absolute Gasteiger partial charge is 0.254 e. The monoisotopic (exact) mass is 282 g/mol. The van der Waals surface area contributed by atoms with Crippen LogP contribution in [0.1, 0.15) is 22.0 Å². The van der Waals surface area contributed by atoms with Crippen LogP contribution in [0.2, 0.25) is 0 Å². The second-order valence-corrected chi connectivity index (χ2v) is 4.73. The number of aromatic nitrogens is 6. The Morgan fingerprint density at radius 3 is 2.86 bits per heavy atom. The van der Waals surface area contributed by atoms with Gasteiger partial charge >= 0.3 is 0 Å². The van der Waals surface area contributed by atoms with E-state index >= 15 is 0 Å². The minimum atomic E-state index is -0.149. The van der Waals surface area contributed by atoms with E-state index in [4.69, 9.17) is 0 Å². The highest BCUT2D eigenvalue weighted by Gasteiger charge is 2.14. The number of nitrogens with zero attached hydrogens (tertiary/aromatic N) is 5. The zero-order valence-electron chi connectivity index (χ0n) is 11.7. The van der Waals surface area contributed by atoms with Gasteiger partial charge in [0, 0.05) is 11.9 Å². The van der Waals surface area contributed by atoms with E-state index in [1.54, 1.807) is 6.20 Å². The third kappa shape index (κ3) is 2.71. The molecular formula is C14H14N6O. The predicted octanol–water partition coefficient (Wildman–Crippen LogP) is 1.56. The predicted molar refractivity (Wildman–Crippen MR) is 75.6 cm³/mol. The lowest BCUT2D eigenvalue weighted by atomic mass is 10.3. The molecule has 0 aromatic carbocycles. The summed E-state index contributed by atoms with van der Waals surface area (Å²) in [5, 5.41) is 11.0. The molecule has 7 heteroatoms. The van der Waals surface area contributed by atoms with Crippen LogP contribution in [-0.4, -0.2) is 35.9 Å². The van der Waals surface area contributed by atoms with Crippen molar-refractivity contribution in [2.24, 2.45) is 0 Å². The van der Waals surface area contributed by atoms with Crippen LogP contribution >= 0.6 is 0 Å². The van der Waals surface area contributed by atoms with Gasteiger partial charge in [0.1, 0.15) is 11.5 Å². The van der Waals surface area contributed by atoms with Crippen LogP contribution in [-0.2, 0) is 6.42 Å². The summed E-state index contributed by atoms with van der Waals surface area (Å²) in [5.74, 6) is 0.823. The maximum absolute atomic E-state index is 12.2. The summed E-state index contributed by atoms with van der Waals surface area (Å²) < 4.78 is 1.39. The standard InChI is InChI=1S/C14H14N6O/c1-9-7-10(2)20(19-9)13(21)8-12-16-14(18-17-12)11-5-3-4-6-15-11/h3-7H,8H2,1-2H3,(H,16,17,18). The summed E-state index contributed by atoms with van der Waals surface area (Å²) in [6.45, 7) is 3.70. The average molecular weight is 282 g/mol. The molecule has 0 bridgehead atoms. The number of carbonyl (C=O) groups is 1. The maximum Gasteiger partial charge on any atom is 0.254 e. The van der Waals surface area contributed by atoms with E-state index in [1.165, 1.54) is 4.68 Å². The summed E-state index contributed by atoms with van der Waals surface area (Å²) in [6, 6.07) is 7.36. The largest absolute Gasteiger partial charge is 0.272 e. The maximum atomic E-state index is 12.2. The number of aromatic amines is 1. The van der Waals surface area contributed by atoms with Gasteiger partial charge in [-0.15, -0.1) is 0 Å². The van der Waals surface area contributed by atoms with Gasteiger partial charge in [0.2, 0.25) is 0 Å². The Morgan fingerprint density at radius 2 is 2.19 bits per heavy atom. The number of aryl methyl sites for hydroxylation is 2.